The van der Waals surface area contributed by atoms with Crippen molar-refractivity contribution in [3.05, 3.63) is 59.3 Å². The van der Waals surface area contributed by atoms with Crippen LogP contribution in [0.1, 0.15) is 10.4 Å². The number of allylic oxidation sites excluding steroid dienone is 1. The van der Waals surface area contributed by atoms with E-state index < -0.39 is 0 Å². The smallest absolute Gasteiger partial charge is 0.187 e. The number of methoxy groups -OCH3 is 3. The molecule has 0 radical (unpaired) electrons. The quantitative estimate of drug-likeness (QED) is 0.601. The van der Waals surface area contributed by atoms with Crippen LogP contribution in [-0.4, -0.2) is 27.1 Å². The van der Waals surface area contributed by atoms with Gasteiger partial charge in [0.2, 0.25) is 0 Å². The zero-order chi connectivity index (χ0) is 17.5. The minimum absolute atomic E-state index is 0.164. The Morgan fingerprint density at radius 1 is 0.958 bits per heavy atom. The molecule has 0 aliphatic carbocycles. The molecule has 2 aromatic rings. The maximum Gasteiger partial charge on any atom is 0.187 e. The molecule has 6 heteroatoms. The Balaban J connectivity index is 2.06. The number of hydrogen-bond donors (Lipinski definition) is 1. The van der Waals surface area contributed by atoms with Gasteiger partial charge in [-0.3, -0.25) is 4.79 Å². The largest absolute Gasteiger partial charge is 0.495 e. The van der Waals surface area contributed by atoms with Crippen LogP contribution in [0.2, 0.25) is 5.02 Å². The summed E-state index contributed by atoms with van der Waals surface area (Å²) in [5.74, 6) is 1.51. The zero-order valence-electron chi connectivity index (χ0n) is 13.6. The molecule has 126 valence electrons. The van der Waals surface area contributed by atoms with Gasteiger partial charge in [0.1, 0.15) is 5.75 Å². The van der Waals surface area contributed by atoms with Crippen LogP contribution in [0, 0.1) is 0 Å². The number of ketones is 1. The van der Waals surface area contributed by atoms with Crippen LogP contribution < -0.4 is 19.5 Å². The molecule has 0 spiro atoms. The summed E-state index contributed by atoms with van der Waals surface area (Å²) in [6.45, 7) is 0. The van der Waals surface area contributed by atoms with Gasteiger partial charge in [-0.05, 0) is 36.4 Å². The molecule has 0 saturated heterocycles. The maximum absolute atomic E-state index is 12.2. The number of hydrogen-bond acceptors (Lipinski definition) is 5. The molecule has 0 aliphatic rings. The highest BCUT2D eigenvalue weighted by Gasteiger charge is 2.08. The molecule has 24 heavy (non-hydrogen) atoms. The van der Waals surface area contributed by atoms with Crippen LogP contribution in [-0.2, 0) is 0 Å². The first kappa shape index (κ1) is 17.7. The van der Waals surface area contributed by atoms with Crippen LogP contribution >= 0.6 is 11.6 Å². The monoisotopic (exact) mass is 347 g/mol. The van der Waals surface area contributed by atoms with Gasteiger partial charge < -0.3 is 19.5 Å². The number of nitrogens with one attached hydrogen (secondary N) is 1. The van der Waals surface area contributed by atoms with Crippen molar-refractivity contribution in [2.24, 2.45) is 0 Å². The molecule has 0 saturated carbocycles. The van der Waals surface area contributed by atoms with Gasteiger partial charge in [0.15, 0.2) is 17.3 Å². The van der Waals surface area contributed by atoms with E-state index in [1.807, 2.05) is 0 Å². The molecule has 0 bridgehead atoms. The van der Waals surface area contributed by atoms with E-state index in [2.05, 4.69) is 5.32 Å². The molecular weight excluding hydrogens is 330 g/mol. The normalized spacial score (nSPS) is 10.5. The lowest BCUT2D eigenvalue weighted by Gasteiger charge is -2.08. The lowest BCUT2D eigenvalue weighted by molar-refractivity contribution is 0.104. The summed E-state index contributed by atoms with van der Waals surface area (Å²) >= 11 is 6.05. The third kappa shape index (κ3) is 4.20. The molecule has 2 rings (SSSR count). The Labute approximate surface area is 145 Å². The summed E-state index contributed by atoms with van der Waals surface area (Å²) in [7, 11) is 4.62. The Kier molecular flexibility index (Phi) is 6.09. The molecule has 0 amide bonds. The van der Waals surface area contributed by atoms with Crippen LogP contribution in [0.15, 0.2) is 48.7 Å². The van der Waals surface area contributed by atoms with Crippen molar-refractivity contribution >= 4 is 23.1 Å². The number of rotatable bonds is 7. The highest BCUT2D eigenvalue weighted by atomic mass is 35.5. The standard InChI is InChI=1S/C18H18ClNO4/c1-22-16-7-5-13(11-14(16)19)20-9-8-15(21)12-4-6-17(23-2)18(10-12)24-3/h4-11,20H,1-3H3/b9-8+. The molecule has 0 aromatic heterocycles. The van der Waals surface area contributed by atoms with Crippen molar-refractivity contribution in [1.29, 1.82) is 0 Å². The summed E-state index contributed by atoms with van der Waals surface area (Å²) in [5.41, 5.74) is 1.25. The van der Waals surface area contributed by atoms with Crippen molar-refractivity contribution in [3.63, 3.8) is 0 Å². The summed E-state index contributed by atoms with van der Waals surface area (Å²) in [5, 5.41) is 3.48. The fraction of sp³-hybridized carbons (Fsp3) is 0.167. The molecule has 0 unspecified atom stereocenters. The van der Waals surface area contributed by atoms with E-state index in [0.717, 1.165) is 5.69 Å². The van der Waals surface area contributed by atoms with Crippen molar-refractivity contribution in [3.8, 4) is 17.2 Å². The number of carbonyl (C=O) groups excluding carboxylic acids is 1. The molecule has 5 nitrogen and oxygen atoms in total. The van der Waals surface area contributed by atoms with Gasteiger partial charge in [0, 0.05) is 23.5 Å². The van der Waals surface area contributed by atoms with Crippen LogP contribution in [0.4, 0.5) is 5.69 Å². The number of carbonyl (C=O) groups is 1. The van der Waals surface area contributed by atoms with Gasteiger partial charge in [-0.15, -0.1) is 0 Å². The predicted octanol–water partition coefficient (Wildman–Crippen LogP) is 4.17. The SMILES string of the molecule is COc1ccc(N/C=C/C(=O)c2ccc(OC)c(OC)c2)cc1Cl. The molecule has 2 aromatic carbocycles. The van der Waals surface area contributed by atoms with Crippen LogP contribution in [0.3, 0.4) is 0 Å². The third-order valence-electron chi connectivity index (χ3n) is 3.30. The number of ether oxygens (including phenoxy) is 3. The zero-order valence-corrected chi connectivity index (χ0v) is 14.4. The van der Waals surface area contributed by atoms with Gasteiger partial charge in [0.05, 0.1) is 26.4 Å². The van der Waals surface area contributed by atoms with Crippen molar-refractivity contribution in [2.45, 2.75) is 0 Å². The fourth-order valence-corrected chi connectivity index (χ4v) is 2.31. The second-order valence-corrected chi connectivity index (χ2v) is 5.17. The molecule has 1 N–H and O–H groups in total. The van der Waals surface area contributed by atoms with E-state index in [0.29, 0.717) is 27.8 Å². The molecule has 0 aliphatic heterocycles. The average molecular weight is 348 g/mol. The van der Waals surface area contributed by atoms with E-state index in [1.165, 1.54) is 13.2 Å². The third-order valence-corrected chi connectivity index (χ3v) is 3.60. The average Bonchev–Trinajstić information content (AvgIpc) is 2.61. The predicted molar refractivity (Wildman–Crippen MR) is 94.6 cm³/mol. The van der Waals surface area contributed by atoms with Crippen molar-refractivity contribution < 1.29 is 19.0 Å². The summed E-state index contributed by atoms with van der Waals surface area (Å²) in [4.78, 5) is 12.2. The molecular formula is C18H18ClNO4. The van der Waals surface area contributed by atoms with E-state index in [1.54, 1.807) is 56.8 Å². The second kappa shape index (κ2) is 8.26. The minimum atomic E-state index is -0.164. The second-order valence-electron chi connectivity index (χ2n) is 4.76. The lowest BCUT2D eigenvalue weighted by atomic mass is 10.1. The Morgan fingerprint density at radius 2 is 1.62 bits per heavy atom. The van der Waals surface area contributed by atoms with E-state index in [4.69, 9.17) is 25.8 Å². The highest BCUT2D eigenvalue weighted by Crippen LogP contribution is 2.28. The first-order valence-corrected chi connectivity index (χ1v) is 7.49. The molecule has 0 fully saturated rings. The first-order valence-electron chi connectivity index (χ1n) is 7.12. The summed E-state index contributed by atoms with van der Waals surface area (Å²) in [6, 6.07) is 10.3. The topological polar surface area (TPSA) is 56.8 Å². The van der Waals surface area contributed by atoms with Gasteiger partial charge >= 0.3 is 0 Å². The Hall–Kier alpha value is -2.66. The number of benzene rings is 2. The summed E-state index contributed by atoms with van der Waals surface area (Å²) < 4.78 is 15.4. The van der Waals surface area contributed by atoms with Gasteiger partial charge in [-0.2, -0.15) is 0 Å². The van der Waals surface area contributed by atoms with E-state index >= 15 is 0 Å². The Morgan fingerprint density at radius 3 is 2.25 bits per heavy atom. The van der Waals surface area contributed by atoms with E-state index in [9.17, 15) is 4.79 Å². The van der Waals surface area contributed by atoms with Crippen molar-refractivity contribution in [1.82, 2.24) is 0 Å². The molecule has 0 heterocycles. The Bertz CT molecular complexity index is 759. The van der Waals surface area contributed by atoms with Gasteiger partial charge in [-0.25, -0.2) is 0 Å². The fourth-order valence-electron chi connectivity index (χ4n) is 2.06. The van der Waals surface area contributed by atoms with Crippen LogP contribution in [0.5, 0.6) is 17.2 Å². The van der Waals surface area contributed by atoms with Crippen LogP contribution in [0.25, 0.3) is 0 Å². The lowest BCUT2D eigenvalue weighted by Crippen LogP contribution is -1.98. The van der Waals surface area contributed by atoms with Gasteiger partial charge in [0.25, 0.3) is 0 Å². The highest BCUT2D eigenvalue weighted by molar-refractivity contribution is 6.32. The summed E-state index contributed by atoms with van der Waals surface area (Å²) in [6.07, 6.45) is 2.98. The minimum Gasteiger partial charge on any atom is -0.495 e. The maximum atomic E-state index is 12.2. The first-order chi connectivity index (χ1) is 11.6. The molecule has 0 atom stereocenters. The van der Waals surface area contributed by atoms with E-state index in [-0.39, 0.29) is 5.78 Å². The van der Waals surface area contributed by atoms with Crippen molar-refractivity contribution in [2.75, 3.05) is 26.6 Å². The number of halogens is 1. The number of anilines is 1. The van der Waals surface area contributed by atoms with Gasteiger partial charge in [-0.1, -0.05) is 11.6 Å².